The second-order valence-corrected chi connectivity index (χ2v) is 7.52. The molecule has 1 aromatic carbocycles. The Morgan fingerprint density at radius 3 is 2.77 bits per heavy atom. The van der Waals surface area contributed by atoms with E-state index in [1.54, 1.807) is 24.7 Å². The van der Waals surface area contributed by atoms with Crippen molar-refractivity contribution in [1.82, 2.24) is 19.3 Å². The summed E-state index contributed by atoms with van der Waals surface area (Å²) in [6, 6.07) is 9.99. The number of aromatic nitrogens is 3. The molecule has 0 aliphatic heterocycles. The van der Waals surface area contributed by atoms with Crippen molar-refractivity contribution in [1.29, 1.82) is 0 Å². The van der Waals surface area contributed by atoms with Crippen LogP contribution in [0.1, 0.15) is 0 Å². The molecule has 0 saturated heterocycles. The van der Waals surface area contributed by atoms with E-state index in [-0.39, 0.29) is 17.2 Å². The number of halogens is 1. The van der Waals surface area contributed by atoms with Crippen LogP contribution in [0.3, 0.4) is 0 Å². The van der Waals surface area contributed by atoms with Gasteiger partial charge in [-0.2, -0.15) is 0 Å². The third kappa shape index (κ3) is 4.04. The van der Waals surface area contributed by atoms with Gasteiger partial charge in [-0.15, -0.1) is 0 Å². The number of nitrogens with zero attached hydrogens (tertiary/aromatic N) is 3. The minimum absolute atomic E-state index is 0.00285. The van der Waals surface area contributed by atoms with E-state index in [0.29, 0.717) is 17.4 Å². The standard InChI is InChI=1S/C17H17ClN4O3S/c1-25-15-6-5-13(18)12-16(15)26(23,24)21-9-11-22-10-8-20-17(22)14-4-2-3-7-19-14/h2-8,10,12,21H,9,11H2,1H3. The summed E-state index contributed by atoms with van der Waals surface area (Å²) in [6.45, 7) is 0.572. The number of hydrogen-bond acceptors (Lipinski definition) is 5. The molecule has 0 saturated carbocycles. The Kier molecular flexibility index (Phi) is 5.55. The second kappa shape index (κ2) is 7.86. The van der Waals surface area contributed by atoms with Gasteiger partial charge in [-0.25, -0.2) is 18.1 Å². The number of pyridine rings is 1. The molecule has 7 nitrogen and oxygen atoms in total. The zero-order valence-corrected chi connectivity index (χ0v) is 15.5. The first-order valence-electron chi connectivity index (χ1n) is 7.77. The normalized spacial score (nSPS) is 11.5. The molecule has 0 aliphatic carbocycles. The van der Waals surface area contributed by atoms with Crippen LogP contribution < -0.4 is 9.46 Å². The molecule has 2 heterocycles. The average molecular weight is 393 g/mol. The maximum atomic E-state index is 12.6. The minimum Gasteiger partial charge on any atom is -0.495 e. The van der Waals surface area contributed by atoms with Gasteiger partial charge in [-0.05, 0) is 30.3 Å². The van der Waals surface area contributed by atoms with Crippen molar-refractivity contribution < 1.29 is 13.2 Å². The highest BCUT2D eigenvalue weighted by Crippen LogP contribution is 2.26. The lowest BCUT2D eigenvalue weighted by atomic mass is 10.3. The molecule has 3 rings (SSSR count). The summed E-state index contributed by atoms with van der Waals surface area (Å²) in [7, 11) is -2.36. The largest absolute Gasteiger partial charge is 0.495 e. The summed E-state index contributed by atoms with van der Waals surface area (Å²) in [4.78, 5) is 8.55. The van der Waals surface area contributed by atoms with Gasteiger partial charge in [0.25, 0.3) is 0 Å². The number of hydrogen-bond donors (Lipinski definition) is 1. The Morgan fingerprint density at radius 2 is 2.04 bits per heavy atom. The summed E-state index contributed by atoms with van der Waals surface area (Å²) in [5.41, 5.74) is 0.719. The second-order valence-electron chi connectivity index (χ2n) is 5.35. The van der Waals surface area contributed by atoms with E-state index in [1.807, 2.05) is 22.8 Å². The molecule has 0 unspecified atom stereocenters. The fourth-order valence-corrected chi connectivity index (χ4v) is 3.91. The number of methoxy groups -OCH3 is 1. The first-order chi connectivity index (χ1) is 12.5. The number of nitrogens with one attached hydrogen (secondary N) is 1. The molecule has 0 atom stereocenters. The molecular weight excluding hydrogens is 376 g/mol. The van der Waals surface area contributed by atoms with E-state index >= 15 is 0 Å². The zero-order valence-electron chi connectivity index (χ0n) is 14.0. The van der Waals surface area contributed by atoms with Gasteiger partial charge in [0, 0.05) is 36.7 Å². The van der Waals surface area contributed by atoms with Gasteiger partial charge in [0.05, 0.1) is 7.11 Å². The van der Waals surface area contributed by atoms with Gasteiger partial charge in [0.15, 0.2) is 5.82 Å². The molecule has 0 radical (unpaired) electrons. The van der Waals surface area contributed by atoms with Crippen LogP contribution >= 0.6 is 11.6 Å². The highest BCUT2D eigenvalue weighted by Gasteiger charge is 2.19. The van der Waals surface area contributed by atoms with Gasteiger partial charge in [0.2, 0.25) is 10.0 Å². The van der Waals surface area contributed by atoms with E-state index in [4.69, 9.17) is 16.3 Å². The van der Waals surface area contributed by atoms with Crippen LogP contribution in [0.15, 0.2) is 59.9 Å². The number of ether oxygens (including phenoxy) is 1. The van der Waals surface area contributed by atoms with Crippen LogP contribution in [0.5, 0.6) is 5.75 Å². The molecule has 0 amide bonds. The lowest BCUT2D eigenvalue weighted by Crippen LogP contribution is -2.28. The Bertz CT molecular complexity index is 990. The number of imidazole rings is 1. The quantitative estimate of drug-likeness (QED) is 0.667. The predicted molar refractivity (Wildman–Crippen MR) is 98.7 cm³/mol. The Hall–Kier alpha value is -2.42. The van der Waals surface area contributed by atoms with Crippen LogP contribution in [0.25, 0.3) is 11.5 Å². The molecule has 1 N–H and O–H groups in total. The number of sulfonamides is 1. The predicted octanol–water partition coefficient (Wildman–Crippen LogP) is 2.59. The van der Waals surface area contributed by atoms with Gasteiger partial charge in [-0.3, -0.25) is 4.98 Å². The Labute approximate surface area is 156 Å². The topological polar surface area (TPSA) is 86.1 Å². The fourth-order valence-electron chi connectivity index (χ4n) is 2.46. The fraction of sp³-hybridized carbons (Fsp3) is 0.176. The van der Waals surface area contributed by atoms with Gasteiger partial charge >= 0.3 is 0 Å². The summed E-state index contributed by atoms with van der Waals surface area (Å²) < 4.78 is 34.6. The smallest absolute Gasteiger partial charge is 0.244 e. The third-order valence-electron chi connectivity index (χ3n) is 3.67. The maximum absolute atomic E-state index is 12.6. The molecule has 136 valence electrons. The van der Waals surface area contributed by atoms with Crippen molar-refractivity contribution in [2.45, 2.75) is 11.4 Å². The van der Waals surface area contributed by atoms with Crippen molar-refractivity contribution in [3.63, 3.8) is 0 Å². The molecule has 2 aromatic heterocycles. The van der Waals surface area contributed by atoms with E-state index in [0.717, 1.165) is 5.69 Å². The summed E-state index contributed by atoms with van der Waals surface area (Å²) in [5.74, 6) is 0.906. The molecular formula is C17H17ClN4O3S. The molecule has 9 heteroatoms. The first kappa shape index (κ1) is 18.4. The monoisotopic (exact) mass is 392 g/mol. The van der Waals surface area contributed by atoms with Crippen LogP contribution in [0.4, 0.5) is 0 Å². The Balaban J connectivity index is 1.73. The van der Waals surface area contributed by atoms with E-state index in [1.165, 1.54) is 19.2 Å². The lowest BCUT2D eigenvalue weighted by Gasteiger charge is -2.12. The van der Waals surface area contributed by atoms with Crippen LogP contribution in [0, 0.1) is 0 Å². The molecule has 0 bridgehead atoms. The summed E-state index contributed by atoms with van der Waals surface area (Å²) in [6.07, 6.45) is 5.11. The number of benzene rings is 1. The van der Waals surface area contributed by atoms with Gasteiger partial charge in [0.1, 0.15) is 16.3 Å². The first-order valence-corrected chi connectivity index (χ1v) is 9.63. The average Bonchev–Trinajstić information content (AvgIpc) is 3.11. The van der Waals surface area contributed by atoms with E-state index in [9.17, 15) is 8.42 Å². The van der Waals surface area contributed by atoms with Crippen molar-refractivity contribution in [2.75, 3.05) is 13.7 Å². The minimum atomic E-state index is -3.77. The zero-order chi connectivity index (χ0) is 18.6. The van der Waals surface area contributed by atoms with Crippen molar-refractivity contribution in [3.05, 3.63) is 60.0 Å². The van der Waals surface area contributed by atoms with E-state index in [2.05, 4.69) is 14.7 Å². The molecule has 0 fully saturated rings. The number of rotatable bonds is 7. The van der Waals surface area contributed by atoms with Gasteiger partial charge in [-0.1, -0.05) is 17.7 Å². The highest BCUT2D eigenvalue weighted by atomic mass is 35.5. The maximum Gasteiger partial charge on any atom is 0.244 e. The van der Waals surface area contributed by atoms with Crippen LogP contribution in [0.2, 0.25) is 5.02 Å². The van der Waals surface area contributed by atoms with Crippen molar-refractivity contribution in [2.24, 2.45) is 0 Å². The highest BCUT2D eigenvalue weighted by molar-refractivity contribution is 7.89. The van der Waals surface area contributed by atoms with E-state index < -0.39 is 10.0 Å². The third-order valence-corrected chi connectivity index (χ3v) is 5.39. The summed E-state index contributed by atoms with van der Waals surface area (Å²) in [5, 5.41) is 0.318. The summed E-state index contributed by atoms with van der Waals surface area (Å²) >= 11 is 5.92. The molecule has 26 heavy (non-hydrogen) atoms. The molecule has 0 spiro atoms. The molecule has 3 aromatic rings. The van der Waals surface area contributed by atoms with Gasteiger partial charge < -0.3 is 9.30 Å². The van der Waals surface area contributed by atoms with Crippen LogP contribution in [-0.4, -0.2) is 36.6 Å². The van der Waals surface area contributed by atoms with Crippen molar-refractivity contribution >= 4 is 21.6 Å². The lowest BCUT2D eigenvalue weighted by molar-refractivity contribution is 0.402. The molecule has 0 aliphatic rings. The SMILES string of the molecule is COc1ccc(Cl)cc1S(=O)(=O)NCCn1ccnc1-c1ccccn1. The van der Waals surface area contributed by atoms with Crippen molar-refractivity contribution in [3.8, 4) is 17.3 Å². The Morgan fingerprint density at radius 1 is 1.19 bits per heavy atom. The van der Waals surface area contributed by atoms with Crippen LogP contribution in [-0.2, 0) is 16.6 Å².